The summed E-state index contributed by atoms with van der Waals surface area (Å²) in [6.07, 6.45) is 3.48. The summed E-state index contributed by atoms with van der Waals surface area (Å²) in [5, 5.41) is 2.78. The molecule has 0 fully saturated rings. The second-order valence-corrected chi connectivity index (χ2v) is 4.73. The highest BCUT2D eigenvalue weighted by Gasteiger charge is 1.97. The second-order valence-electron chi connectivity index (χ2n) is 4.73. The largest absolute Gasteiger partial charge is 0.328 e. The molecule has 1 rings (SSSR count). The number of rotatable bonds is 4. The van der Waals surface area contributed by atoms with Crippen molar-refractivity contribution in [3.63, 3.8) is 0 Å². The van der Waals surface area contributed by atoms with Crippen molar-refractivity contribution in [2.45, 2.75) is 53.0 Å². The maximum atomic E-state index is 10.8. The van der Waals surface area contributed by atoms with Gasteiger partial charge in [-0.1, -0.05) is 39.3 Å². The maximum absolute atomic E-state index is 10.8. The normalized spacial score (nSPS) is 9.67. The zero-order valence-corrected chi connectivity index (χ0v) is 12.0. The molecule has 0 unspecified atom stereocenters. The van der Waals surface area contributed by atoms with Gasteiger partial charge < -0.3 is 11.1 Å². The Bertz CT molecular complexity index is 345. The van der Waals surface area contributed by atoms with E-state index in [2.05, 4.69) is 18.3 Å². The minimum absolute atomic E-state index is 0.0161. The molecule has 0 aliphatic rings. The number of anilines is 1. The molecule has 0 heterocycles. The summed E-state index contributed by atoms with van der Waals surface area (Å²) in [5.74, 6) is -0.0161. The van der Waals surface area contributed by atoms with E-state index in [1.54, 1.807) is 0 Å². The molecular formula is C15H26N2O. The molecule has 1 amide bonds. The van der Waals surface area contributed by atoms with Crippen molar-refractivity contribution >= 4 is 11.6 Å². The van der Waals surface area contributed by atoms with Gasteiger partial charge in [0.15, 0.2) is 0 Å². The molecule has 0 radical (unpaired) electrons. The molecule has 0 saturated carbocycles. The zero-order valence-electron chi connectivity index (χ0n) is 12.0. The van der Waals surface area contributed by atoms with E-state index in [0.29, 0.717) is 6.04 Å². The number of benzene rings is 1. The predicted octanol–water partition coefficient (Wildman–Crippen LogP) is 3.34. The van der Waals surface area contributed by atoms with Gasteiger partial charge in [-0.3, -0.25) is 4.79 Å². The Morgan fingerprint density at radius 1 is 1.39 bits per heavy atom. The summed E-state index contributed by atoms with van der Waals surface area (Å²) in [6.45, 7) is 7.59. The second kappa shape index (κ2) is 9.66. The number of nitrogens with one attached hydrogen (secondary N) is 1. The lowest BCUT2D eigenvalue weighted by Crippen LogP contribution is -2.06. The van der Waals surface area contributed by atoms with Crippen LogP contribution in [-0.2, 0) is 11.2 Å². The Labute approximate surface area is 111 Å². The van der Waals surface area contributed by atoms with Crippen LogP contribution < -0.4 is 11.1 Å². The van der Waals surface area contributed by atoms with Crippen molar-refractivity contribution < 1.29 is 4.79 Å². The Hall–Kier alpha value is -1.35. The fourth-order valence-corrected chi connectivity index (χ4v) is 1.39. The first-order valence-electron chi connectivity index (χ1n) is 6.57. The molecule has 0 aromatic heterocycles. The minimum atomic E-state index is -0.0161. The molecule has 18 heavy (non-hydrogen) atoms. The Balaban J connectivity index is 0.000000631. The van der Waals surface area contributed by atoms with Gasteiger partial charge in [0, 0.05) is 12.6 Å². The number of nitrogens with two attached hydrogens (primary N) is 1. The molecular weight excluding hydrogens is 224 g/mol. The van der Waals surface area contributed by atoms with E-state index < -0.39 is 0 Å². The molecule has 1 aromatic rings. The Morgan fingerprint density at radius 3 is 2.50 bits per heavy atom. The minimum Gasteiger partial charge on any atom is -0.328 e. The highest BCUT2D eigenvalue weighted by Crippen LogP contribution is 2.12. The van der Waals surface area contributed by atoms with Crippen LogP contribution in [0.2, 0.25) is 0 Å². The molecule has 102 valence electrons. The van der Waals surface area contributed by atoms with Crippen molar-refractivity contribution in [1.82, 2.24) is 0 Å². The van der Waals surface area contributed by atoms with Gasteiger partial charge in [-0.05, 0) is 36.6 Å². The van der Waals surface area contributed by atoms with Gasteiger partial charge in [-0.2, -0.15) is 0 Å². The van der Waals surface area contributed by atoms with Gasteiger partial charge in [-0.15, -0.1) is 0 Å². The smallest absolute Gasteiger partial charge is 0.221 e. The first-order valence-corrected chi connectivity index (χ1v) is 6.57. The average Bonchev–Trinajstić information content (AvgIpc) is 2.25. The molecule has 0 bridgehead atoms. The third kappa shape index (κ3) is 9.85. The highest BCUT2D eigenvalue weighted by atomic mass is 16.1. The standard InChI is InChI=1S/C12H17NO.C3H9N/c1-3-4-6-11-7-5-8-12(9-11)13-10(2)14;1-3(2)4/h5,7-9H,3-4,6H2,1-2H3,(H,13,14);3H,4H2,1-2H3. The first-order chi connectivity index (χ1) is 8.45. The van der Waals surface area contributed by atoms with Gasteiger partial charge in [-0.25, -0.2) is 0 Å². The van der Waals surface area contributed by atoms with E-state index in [0.717, 1.165) is 12.1 Å². The van der Waals surface area contributed by atoms with Crippen LogP contribution in [0.25, 0.3) is 0 Å². The van der Waals surface area contributed by atoms with Crippen LogP contribution in [0.15, 0.2) is 24.3 Å². The third-order valence-corrected chi connectivity index (χ3v) is 2.07. The number of unbranched alkanes of at least 4 members (excludes halogenated alkanes) is 1. The SMILES string of the molecule is CC(C)N.CCCCc1cccc(NC(C)=O)c1. The summed E-state index contributed by atoms with van der Waals surface area (Å²) in [4.78, 5) is 10.8. The monoisotopic (exact) mass is 250 g/mol. The van der Waals surface area contributed by atoms with Crippen LogP contribution in [0, 0.1) is 0 Å². The molecule has 0 aliphatic heterocycles. The van der Waals surface area contributed by atoms with Crippen molar-refractivity contribution in [2.75, 3.05) is 5.32 Å². The molecule has 0 spiro atoms. The number of hydrogen-bond donors (Lipinski definition) is 2. The summed E-state index contributed by atoms with van der Waals surface area (Å²) in [6, 6.07) is 8.37. The van der Waals surface area contributed by atoms with Crippen LogP contribution in [0.1, 0.15) is 46.1 Å². The van der Waals surface area contributed by atoms with Gasteiger partial charge in [0.2, 0.25) is 5.91 Å². The first kappa shape index (κ1) is 16.6. The van der Waals surface area contributed by atoms with Gasteiger partial charge in [0.25, 0.3) is 0 Å². The summed E-state index contributed by atoms with van der Waals surface area (Å²) < 4.78 is 0. The lowest BCUT2D eigenvalue weighted by atomic mass is 10.1. The third-order valence-electron chi connectivity index (χ3n) is 2.07. The van der Waals surface area contributed by atoms with Crippen LogP contribution in [0.3, 0.4) is 0 Å². The van der Waals surface area contributed by atoms with Crippen LogP contribution in [0.4, 0.5) is 5.69 Å². The number of carbonyl (C=O) groups excluding carboxylic acids is 1. The van der Waals surface area contributed by atoms with Crippen molar-refractivity contribution in [3.05, 3.63) is 29.8 Å². The summed E-state index contributed by atoms with van der Waals surface area (Å²) in [7, 11) is 0. The molecule has 0 atom stereocenters. The Morgan fingerprint density at radius 2 is 2.00 bits per heavy atom. The number of hydrogen-bond acceptors (Lipinski definition) is 2. The summed E-state index contributed by atoms with van der Waals surface area (Å²) in [5.41, 5.74) is 7.30. The van der Waals surface area contributed by atoms with Gasteiger partial charge in [0.05, 0.1) is 0 Å². The van der Waals surface area contributed by atoms with Crippen molar-refractivity contribution in [3.8, 4) is 0 Å². The van der Waals surface area contributed by atoms with Crippen molar-refractivity contribution in [1.29, 1.82) is 0 Å². The van der Waals surface area contributed by atoms with E-state index in [1.165, 1.54) is 25.3 Å². The molecule has 0 aliphatic carbocycles. The fraction of sp³-hybridized carbons (Fsp3) is 0.533. The topological polar surface area (TPSA) is 55.1 Å². The fourth-order valence-electron chi connectivity index (χ4n) is 1.39. The zero-order chi connectivity index (χ0) is 14.0. The van der Waals surface area contributed by atoms with E-state index in [-0.39, 0.29) is 5.91 Å². The number of aryl methyl sites for hydroxylation is 1. The molecule has 1 aromatic carbocycles. The lowest BCUT2D eigenvalue weighted by Gasteiger charge is -2.04. The number of carbonyl (C=O) groups is 1. The lowest BCUT2D eigenvalue weighted by molar-refractivity contribution is -0.114. The average molecular weight is 250 g/mol. The predicted molar refractivity (Wildman–Crippen MR) is 78.7 cm³/mol. The van der Waals surface area contributed by atoms with E-state index >= 15 is 0 Å². The molecule has 3 nitrogen and oxygen atoms in total. The highest BCUT2D eigenvalue weighted by molar-refractivity contribution is 5.88. The van der Waals surface area contributed by atoms with Gasteiger partial charge >= 0.3 is 0 Å². The Kier molecular flexibility index (Phi) is 8.93. The quantitative estimate of drug-likeness (QED) is 0.861. The maximum Gasteiger partial charge on any atom is 0.221 e. The van der Waals surface area contributed by atoms with E-state index in [4.69, 9.17) is 5.73 Å². The number of amides is 1. The van der Waals surface area contributed by atoms with Crippen molar-refractivity contribution in [2.24, 2.45) is 5.73 Å². The summed E-state index contributed by atoms with van der Waals surface area (Å²) >= 11 is 0. The van der Waals surface area contributed by atoms with E-state index in [9.17, 15) is 4.79 Å². The molecule has 0 saturated heterocycles. The van der Waals surface area contributed by atoms with Crippen LogP contribution >= 0.6 is 0 Å². The molecule has 3 N–H and O–H groups in total. The van der Waals surface area contributed by atoms with Crippen LogP contribution in [0.5, 0.6) is 0 Å². The van der Waals surface area contributed by atoms with Gasteiger partial charge in [0.1, 0.15) is 0 Å². The van der Waals surface area contributed by atoms with Crippen LogP contribution in [-0.4, -0.2) is 11.9 Å². The molecule has 3 heteroatoms. The van der Waals surface area contributed by atoms with E-state index in [1.807, 2.05) is 32.0 Å².